The zero-order chi connectivity index (χ0) is 43.7. The van der Waals surface area contributed by atoms with E-state index in [0.29, 0.717) is 47.5 Å². The molecule has 0 saturated carbocycles. The highest BCUT2D eigenvalue weighted by atomic mass is 19.1. The van der Waals surface area contributed by atoms with E-state index in [-0.39, 0.29) is 47.6 Å². The monoisotopic (exact) mass is 869 g/mol. The number of para-hydroxylation sites is 1. The number of aromatic hydroxyl groups is 1. The molecule has 5 aromatic rings. The number of carbonyl (C=O) groups is 2. The molecule has 64 heavy (non-hydrogen) atoms. The lowest BCUT2D eigenvalue weighted by atomic mass is 9.86. The Morgan fingerprint density at radius 3 is 2.44 bits per heavy atom. The van der Waals surface area contributed by atoms with Gasteiger partial charge in [-0.05, 0) is 106 Å². The largest absolute Gasteiger partial charge is 0.507 e. The highest BCUT2D eigenvalue weighted by Gasteiger charge is 2.45. The molecule has 2 bridgehead atoms. The van der Waals surface area contributed by atoms with Crippen LogP contribution in [0.2, 0.25) is 0 Å². The minimum atomic E-state index is -0.404. The van der Waals surface area contributed by atoms with Crippen LogP contribution in [-0.2, 0) is 9.53 Å². The van der Waals surface area contributed by atoms with Crippen LogP contribution in [0.15, 0.2) is 67.0 Å². The summed E-state index contributed by atoms with van der Waals surface area (Å²) in [7, 11) is 0. The number of nitrogens with zero attached hydrogens (tertiary/aromatic N) is 9. The first-order valence-corrected chi connectivity index (χ1v) is 23.0. The van der Waals surface area contributed by atoms with Crippen molar-refractivity contribution < 1.29 is 23.8 Å². The molecule has 6 aliphatic heterocycles. The third-order valence-electron chi connectivity index (χ3n) is 15.1. The number of ether oxygens (including phenoxy) is 1. The summed E-state index contributed by atoms with van der Waals surface area (Å²) in [5.74, 6) is 0.689. The van der Waals surface area contributed by atoms with Crippen molar-refractivity contribution in [3.63, 3.8) is 0 Å². The van der Waals surface area contributed by atoms with Crippen LogP contribution < -0.4 is 30.7 Å². The van der Waals surface area contributed by atoms with E-state index in [1.54, 1.807) is 29.3 Å². The van der Waals surface area contributed by atoms with Gasteiger partial charge < -0.3 is 39.7 Å². The Morgan fingerprint density at radius 1 is 0.891 bits per heavy atom. The fourth-order valence-corrected chi connectivity index (χ4v) is 11.6. The number of aryl methyl sites for hydroxylation is 1. The van der Waals surface area contributed by atoms with Crippen molar-refractivity contribution in [3.05, 3.63) is 78.4 Å². The van der Waals surface area contributed by atoms with Gasteiger partial charge in [-0.1, -0.05) is 12.1 Å². The van der Waals surface area contributed by atoms with E-state index < -0.39 is 6.03 Å². The van der Waals surface area contributed by atoms with Crippen molar-refractivity contribution in [1.82, 2.24) is 30.0 Å². The average Bonchev–Trinajstić information content (AvgIpc) is 3.95. The third kappa shape index (κ3) is 7.43. The molecule has 6 fully saturated rings. The normalized spacial score (nSPS) is 24.1. The van der Waals surface area contributed by atoms with Crippen LogP contribution in [-0.4, -0.2) is 118 Å². The van der Waals surface area contributed by atoms with Crippen molar-refractivity contribution >= 4 is 51.5 Å². The number of benzene rings is 2. The molecular weight excluding hydrogens is 814 g/mol. The topological polar surface area (TPSA) is 161 Å². The number of nitrogen functional groups attached to an aromatic ring is 1. The number of hydrogen-bond donors (Lipinski definition) is 3. The summed E-state index contributed by atoms with van der Waals surface area (Å²) >= 11 is 0. The smallest absolute Gasteiger partial charge is 0.328 e. The van der Waals surface area contributed by atoms with Gasteiger partial charge in [-0.2, -0.15) is 0 Å². The molecule has 3 atom stereocenters. The molecule has 0 radical (unpaired) electrons. The summed E-state index contributed by atoms with van der Waals surface area (Å²) < 4.78 is 24.6. The van der Waals surface area contributed by atoms with Gasteiger partial charge in [0.15, 0.2) is 5.82 Å². The van der Waals surface area contributed by atoms with E-state index in [2.05, 4.69) is 58.9 Å². The maximum atomic E-state index is 15.6. The van der Waals surface area contributed by atoms with Gasteiger partial charge in [0, 0.05) is 93.7 Å². The van der Waals surface area contributed by atoms with Gasteiger partial charge >= 0.3 is 6.03 Å². The van der Waals surface area contributed by atoms with Crippen LogP contribution in [0.5, 0.6) is 5.75 Å². The number of anilines is 5. The number of piperazine rings is 1. The van der Waals surface area contributed by atoms with Crippen molar-refractivity contribution in [3.8, 4) is 17.0 Å². The Morgan fingerprint density at radius 2 is 1.67 bits per heavy atom. The molecule has 16 heteroatoms. The van der Waals surface area contributed by atoms with E-state index >= 15 is 4.39 Å². The second-order valence-corrected chi connectivity index (χ2v) is 19.0. The molecule has 11 rings (SSSR count). The fraction of sp³-hybridized carbons (Fsp3) is 0.479. The quantitative estimate of drug-likeness (QED) is 0.161. The molecule has 2 unspecified atom stereocenters. The number of imide groups is 1. The van der Waals surface area contributed by atoms with E-state index in [9.17, 15) is 14.7 Å². The van der Waals surface area contributed by atoms with E-state index in [1.807, 2.05) is 30.3 Å². The molecule has 2 aromatic carbocycles. The third-order valence-corrected chi connectivity index (χ3v) is 15.1. The maximum absolute atomic E-state index is 15.6. The molecule has 9 heterocycles. The summed E-state index contributed by atoms with van der Waals surface area (Å²) in [6, 6.07) is 17.0. The van der Waals surface area contributed by atoms with E-state index in [1.165, 1.54) is 0 Å². The summed E-state index contributed by atoms with van der Waals surface area (Å²) in [4.78, 5) is 40.3. The van der Waals surface area contributed by atoms with Crippen LogP contribution in [0.1, 0.15) is 63.0 Å². The number of amides is 3. The Balaban J connectivity index is 0.683. The van der Waals surface area contributed by atoms with E-state index in [0.717, 1.165) is 119 Å². The zero-order valence-corrected chi connectivity index (χ0v) is 36.3. The van der Waals surface area contributed by atoms with Crippen LogP contribution in [0.3, 0.4) is 0 Å². The van der Waals surface area contributed by atoms with Gasteiger partial charge in [0.2, 0.25) is 5.91 Å². The Bertz CT molecular complexity index is 2590. The number of urea groups is 1. The van der Waals surface area contributed by atoms with Gasteiger partial charge in [0.1, 0.15) is 17.2 Å². The first kappa shape index (κ1) is 40.8. The average molecular weight is 870 g/mol. The molecule has 3 amide bonds. The molecule has 3 aromatic heterocycles. The number of fused-ring (bicyclic) bond motifs is 3. The Labute approximate surface area is 372 Å². The first-order valence-electron chi connectivity index (χ1n) is 23.0. The van der Waals surface area contributed by atoms with E-state index in [4.69, 9.17) is 15.5 Å². The lowest BCUT2D eigenvalue weighted by Crippen LogP contribution is -2.54. The highest BCUT2D eigenvalue weighted by Crippen LogP contribution is 2.44. The number of likely N-dealkylation sites (tertiary alicyclic amines) is 1. The number of hydrogen-bond acceptors (Lipinski definition) is 12. The minimum absolute atomic E-state index is 0.136. The predicted octanol–water partition coefficient (Wildman–Crippen LogP) is 6.25. The molecule has 6 aliphatic rings. The number of nitrogens with one attached hydrogen (secondary N) is 1. The van der Waals surface area contributed by atoms with Gasteiger partial charge in [-0.25, -0.2) is 14.2 Å². The van der Waals surface area contributed by atoms with Crippen molar-refractivity contribution in [1.29, 1.82) is 0 Å². The number of rotatable bonds is 8. The number of aromatic nitrogens is 4. The summed E-state index contributed by atoms with van der Waals surface area (Å²) in [6.45, 7) is 9.37. The first-order chi connectivity index (χ1) is 31.1. The molecule has 1 spiro atoms. The molecular formula is C48H56FN11O4. The van der Waals surface area contributed by atoms with Crippen molar-refractivity contribution in [2.45, 2.75) is 82.0 Å². The van der Waals surface area contributed by atoms with Gasteiger partial charge in [0.25, 0.3) is 0 Å². The number of piperidine rings is 2. The van der Waals surface area contributed by atoms with Gasteiger partial charge in [-0.3, -0.25) is 15.0 Å². The second-order valence-electron chi connectivity index (χ2n) is 19.0. The summed E-state index contributed by atoms with van der Waals surface area (Å²) in [6.07, 6.45) is 11.3. The summed E-state index contributed by atoms with van der Waals surface area (Å²) in [5.41, 5.74) is 12.8. The van der Waals surface area contributed by atoms with Gasteiger partial charge in [-0.15, -0.1) is 10.2 Å². The number of phenols is 1. The Hall–Kier alpha value is -6.00. The minimum Gasteiger partial charge on any atom is -0.507 e. The van der Waals surface area contributed by atoms with Crippen LogP contribution in [0, 0.1) is 18.7 Å². The lowest BCUT2D eigenvalue weighted by Gasteiger charge is -2.44. The summed E-state index contributed by atoms with van der Waals surface area (Å²) in [5, 5.41) is 22.4. The molecule has 334 valence electrons. The van der Waals surface area contributed by atoms with Crippen molar-refractivity contribution in [2.75, 3.05) is 84.3 Å². The molecule has 6 saturated heterocycles. The fourth-order valence-electron chi connectivity index (χ4n) is 11.6. The number of carbonyl (C=O) groups excluding carboxylic acids is 2. The second kappa shape index (κ2) is 16.2. The molecule has 15 nitrogen and oxygen atoms in total. The molecule has 0 aliphatic carbocycles. The molecule has 4 N–H and O–H groups in total. The standard InChI is InChI=1S/C48H56FN11O4/c1-30-25-59(46-38(30)20-35(24-51-46)58-17-12-44(62)52-47(58)63)36-23-48(64-29-36)13-18-55(19-14-48)26-31-10-15-56(16-11-31)41-21-32(8-9-39(41)49)60-33-6-7-34(60)28-57(27-33)42-22-40(53-54-45(42)50)37-4-2-3-5-43(37)61/h2-5,8-9,20-22,24-25,31,33-34,36,61H,6-7,10-19,23,26-29H2,1H3,(H2,50,54)(H,52,62,63)/t33?,34?,36-/m1/s1. The Kier molecular flexibility index (Phi) is 10.3. The van der Waals surface area contributed by atoms with Crippen LogP contribution >= 0.6 is 0 Å². The maximum Gasteiger partial charge on any atom is 0.328 e. The number of halogens is 1. The highest BCUT2D eigenvalue weighted by molar-refractivity contribution is 6.06. The lowest BCUT2D eigenvalue weighted by molar-refractivity contribution is -0.120. The van der Waals surface area contributed by atoms with Crippen LogP contribution in [0.25, 0.3) is 22.3 Å². The zero-order valence-electron chi connectivity index (χ0n) is 36.3. The predicted molar refractivity (Wildman–Crippen MR) is 244 cm³/mol. The number of pyridine rings is 1. The van der Waals surface area contributed by atoms with Crippen LogP contribution in [0.4, 0.5) is 37.8 Å². The van der Waals surface area contributed by atoms with Gasteiger partial charge in [0.05, 0.1) is 47.2 Å². The number of phenolic OH excluding ortho intramolecular Hbond substituents is 1. The van der Waals surface area contributed by atoms with Crippen molar-refractivity contribution in [2.24, 2.45) is 5.92 Å². The number of nitrogens with two attached hydrogens (primary N) is 1. The SMILES string of the molecule is Cc1cn([C@H]2COC3(CCN(CC4CCN(c5cc(N6C7CCC6CN(c6cc(-c8ccccc8O)nnc6N)C7)ccc5F)CC4)CC3)C2)c2ncc(N3CCC(=O)NC3=O)cc12.